The number of para-hydroxylation sites is 1. The van der Waals surface area contributed by atoms with Gasteiger partial charge in [-0.15, -0.1) is 0 Å². The van der Waals surface area contributed by atoms with Gasteiger partial charge in [0.25, 0.3) is 0 Å². The lowest BCUT2D eigenvalue weighted by Gasteiger charge is -2.40. The van der Waals surface area contributed by atoms with E-state index in [1.165, 1.54) is 12.8 Å². The van der Waals surface area contributed by atoms with Crippen molar-refractivity contribution >= 4 is 16.9 Å². The second-order valence-electron chi connectivity index (χ2n) is 8.94. The van der Waals surface area contributed by atoms with E-state index >= 15 is 0 Å². The standard InChI is InChI=1S/C23H34N3O3.HI/c1-3-26(2)16-12-18(13-17-26)28-23(27)22(25-14-8-4-5-9-15-25)21-19-10-6-7-11-20(19)29-24-21;/h6-7,10-11,18,22H,3-5,8-9,12-17H2,1-2H3;1H/q+1;/p-1/t18?,22-,26?;/m1./s1. The predicted molar refractivity (Wildman–Crippen MR) is 112 cm³/mol. The minimum atomic E-state index is -0.481. The summed E-state index contributed by atoms with van der Waals surface area (Å²) in [7, 11) is 2.29. The first-order valence-corrected chi connectivity index (χ1v) is 11.2. The van der Waals surface area contributed by atoms with E-state index in [4.69, 9.17) is 9.26 Å². The number of halogens is 1. The normalized spacial score (nSPS) is 26.5. The van der Waals surface area contributed by atoms with Gasteiger partial charge in [0.15, 0.2) is 11.6 Å². The fourth-order valence-corrected chi connectivity index (χ4v) is 4.72. The second-order valence-corrected chi connectivity index (χ2v) is 8.94. The Morgan fingerprint density at radius 1 is 1.20 bits per heavy atom. The van der Waals surface area contributed by atoms with Crippen LogP contribution in [-0.4, -0.2) is 66.4 Å². The van der Waals surface area contributed by atoms with E-state index < -0.39 is 6.04 Å². The van der Waals surface area contributed by atoms with Crippen molar-refractivity contribution in [3.05, 3.63) is 30.0 Å². The van der Waals surface area contributed by atoms with Crippen molar-refractivity contribution in [3.63, 3.8) is 0 Å². The second kappa shape index (κ2) is 10.4. The molecule has 30 heavy (non-hydrogen) atoms. The third kappa shape index (κ3) is 5.16. The molecule has 3 heterocycles. The molecule has 1 aromatic carbocycles. The van der Waals surface area contributed by atoms with Crippen LogP contribution < -0.4 is 24.0 Å². The van der Waals surface area contributed by atoms with Gasteiger partial charge in [-0.2, -0.15) is 0 Å². The van der Waals surface area contributed by atoms with Crippen LogP contribution in [0.3, 0.4) is 0 Å². The predicted octanol–water partition coefficient (Wildman–Crippen LogP) is 0.921. The first kappa shape index (κ1) is 23.5. The molecule has 1 atom stereocenters. The van der Waals surface area contributed by atoms with Gasteiger partial charge in [0.05, 0.1) is 26.7 Å². The quantitative estimate of drug-likeness (QED) is 0.329. The van der Waals surface area contributed by atoms with Gasteiger partial charge in [0.2, 0.25) is 0 Å². The molecule has 7 heteroatoms. The van der Waals surface area contributed by atoms with Crippen molar-refractivity contribution in [1.82, 2.24) is 10.1 Å². The number of rotatable bonds is 5. The van der Waals surface area contributed by atoms with Gasteiger partial charge < -0.3 is 37.7 Å². The van der Waals surface area contributed by atoms with E-state index in [9.17, 15) is 4.79 Å². The number of likely N-dealkylation sites (tertiary alicyclic amines) is 2. The van der Waals surface area contributed by atoms with Crippen molar-refractivity contribution < 1.29 is 42.5 Å². The lowest BCUT2D eigenvalue weighted by Crippen LogP contribution is -3.00. The van der Waals surface area contributed by atoms with Gasteiger partial charge in [0, 0.05) is 18.2 Å². The Balaban J connectivity index is 0.00000256. The summed E-state index contributed by atoms with van der Waals surface area (Å²) >= 11 is 0. The molecule has 2 fully saturated rings. The van der Waals surface area contributed by atoms with Crippen LogP contribution in [0.15, 0.2) is 28.8 Å². The number of carbonyl (C=O) groups is 1. The number of aromatic nitrogens is 1. The van der Waals surface area contributed by atoms with E-state index in [0.29, 0.717) is 5.69 Å². The minimum Gasteiger partial charge on any atom is -1.00 e. The number of hydrogen-bond acceptors (Lipinski definition) is 5. The van der Waals surface area contributed by atoms with Crippen LogP contribution in [0.5, 0.6) is 0 Å². The first-order chi connectivity index (χ1) is 14.1. The average molecular weight is 527 g/mol. The number of esters is 1. The molecule has 166 valence electrons. The lowest BCUT2D eigenvalue weighted by molar-refractivity contribution is -0.913. The third-order valence-electron chi connectivity index (χ3n) is 6.92. The topological polar surface area (TPSA) is 55.6 Å². The van der Waals surface area contributed by atoms with Crippen molar-refractivity contribution in [3.8, 4) is 0 Å². The van der Waals surface area contributed by atoms with E-state index in [1.807, 2.05) is 24.3 Å². The summed E-state index contributed by atoms with van der Waals surface area (Å²) in [6.07, 6.45) is 6.52. The maximum absolute atomic E-state index is 13.4. The molecule has 2 aliphatic rings. The van der Waals surface area contributed by atoms with Crippen LogP contribution in [0, 0.1) is 0 Å². The summed E-state index contributed by atoms with van der Waals surface area (Å²) in [5, 5.41) is 5.25. The van der Waals surface area contributed by atoms with Crippen LogP contribution in [0.25, 0.3) is 11.0 Å². The number of nitrogens with zero attached hydrogens (tertiary/aromatic N) is 3. The van der Waals surface area contributed by atoms with E-state index in [2.05, 4.69) is 24.0 Å². The number of piperidine rings is 1. The zero-order valence-electron chi connectivity index (χ0n) is 18.2. The number of hydrogen-bond donors (Lipinski definition) is 0. The highest BCUT2D eigenvalue weighted by atomic mass is 127. The van der Waals surface area contributed by atoms with Crippen molar-refractivity contribution in [2.75, 3.05) is 39.8 Å². The summed E-state index contributed by atoms with van der Waals surface area (Å²) in [4.78, 5) is 15.7. The summed E-state index contributed by atoms with van der Waals surface area (Å²) in [6.45, 7) is 7.29. The van der Waals surface area contributed by atoms with Gasteiger partial charge in [-0.3, -0.25) is 4.90 Å². The molecule has 1 aromatic heterocycles. The van der Waals surface area contributed by atoms with Crippen LogP contribution >= 0.6 is 0 Å². The Kier molecular flexibility index (Phi) is 8.15. The van der Waals surface area contributed by atoms with E-state index in [1.54, 1.807) is 0 Å². The van der Waals surface area contributed by atoms with Gasteiger partial charge in [-0.25, -0.2) is 4.79 Å². The molecular weight excluding hydrogens is 493 g/mol. The zero-order valence-corrected chi connectivity index (χ0v) is 20.3. The molecule has 0 N–H and O–H groups in total. The van der Waals surface area contributed by atoms with Gasteiger partial charge >= 0.3 is 5.97 Å². The van der Waals surface area contributed by atoms with Crippen LogP contribution in [-0.2, 0) is 9.53 Å². The highest BCUT2D eigenvalue weighted by Crippen LogP contribution is 2.32. The molecule has 6 nitrogen and oxygen atoms in total. The molecule has 0 saturated carbocycles. The fourth-order valence-electron chi connectivity index (χ4n) is 4.72. The lowest BCUT2D eigenvalue weighted by atomic mass is 10.0. The van der Waals surface area contributed by atoms with Gasteiger partial charge in [0.1, 0.15) is 11.8 Å². The molecule has 0 bridgehead atoms. The summed E-state index contributed by atoms with van der Waals surface area (Å²) in [5.41, 5.74) is 1.43. The number of quaternary nitrogens is 1. The first-order valence-electron chi connectivity index (χ1n) is 11.2. The van der Waals surface area contributed by atoms with Crippen molar-refractivity contribution in [1.29, 1.82) is 0 Å². The average Bonchev–Trinajstić information content (AvgIpc) is 2.97. The molecular formula is C23H34IN3O3. The Morgan fingerprint density at radius 2 is 1.87 bits per heavy atom. The molecule has 2 aromatic rings. The smallest absolute Gasteiger partial charge is 0.330 e. The fraction of sp³-hybridized carbons (Fsp3) is 0.652. The molecule has 0 aliphatic carbocycles. The molecule has 0 radical (unpaired) electrons. The summed E-state index contributed by atoms with van der Waals surface area (Å²) in [5.74, 6) is -0.163. The Labute approximate surface area is 196 Å². The monoisotopic (exact) mass is 527 g/mol. The third-order valence-corrected chi connectivity index (χ3v) is 6.92. The molecule has 0 spiro atoms. The molecule has 0 amide bonds. The molecule has 0 unspecified atom stereocenters. The molecule has 4 rings (SSSR count). The van der Waals surface area contributed by atoms with Crippen molar-refractivity contribution in [2.24, 2.45) is 0 Å². The highest BCUT2D eigenvalue weighted by Gasteiger charge is 2.37. The number of carbonyl (C=O) groups excluding carboxylic acids is 1. The van der Waals surface area contributed by atoms with E-state index in [0.717, 1.165) is 73.9 Å². The van der Waals surface area contributed by atoms with Crippen molar-refractivity contribution in [2.45, 2.75) is 57.6 Å². The number of benzene rings is 1. The number of fused-ring (bicyclic) bond motifs is 1. The molecule has 2 aliphatic heterocycles. The zero-order chi connectivity index (χ0) is 20.3. The largest absolute Gasteiger partial charge is 1.00 e. The maximum Gasteiger partial charge on any atom is 0.330 e. The highest BCUT2D eigenvalue weighted by molar-refractivity contribution is 5.87. The van der Waals surface area contributed by atoms with Crippen LogP contribution in [0.1, 0.15) is 57.2 Å². The number of ether oxygens (including phenoxy) is 1. The Bertz CT molecular complexity index is 824. The SMILES string of the molecule is CC[N+]1(C)CCC(OC(=O)[C@@H](c2noc3ccccc23)N2CCCCCC2)CC1.[I-]. The van der Waals surface area contributed by atoms with Crippen LogP contribution in [0.4, 0.5) is 0 Å². The molecule has 2 saturated heterocycles. The van der Waals surface area contributed by atoms with Gasteiger partial charge in [-0.05, 0) is 45.0 Å². The Hall–Kier alpha value is -1.19. The summed E-state index contributed by atoms with van der Waals surface area (Å²) in [6, 6.07) is 7.32. The van der Waals surface area contributed by atoms with Crippen LogP contribution in [0.2, 0.25) is 0 Å². The van der Waals surface area contributed by atoms with E-state index in [-0.39, 0.29) is 36.0 Å². The van der Waals surface area contributed by atoms with Gasteiger partial charge in [-0.1, -0.05) is 30.1 Å². The Morgan fingerprint density at radius 3 is 2.53 bits per heavy atom. The maximum atomic E-state index is 13.4. The summed E-state index contributed by atoms with van der Waals surface area (Å²) < 4.78 is 12.7. The minimum absolute atomic E-state index is 0.